The molecule has 2 aromatic rings. The fraction of sp³-hybridized carbons (Fsp3) is 0.235. The van der Waals surface area contributed by atoms with Gasteiger partial charge in [0.2, 0.25) is 0 Å². The van der Waals surface area contributed by atoms with Gasteiger partial charge in [-0.05, 0) is 49.1 Å². The molecular formula is C17H16ClN. The molecule has 2 aromatic carbocycles. The van der Waals surface area contributed by atoms with Gasteiger partial charge in [-0.1, -0.05) is 47.5 Å². The lowest BCUT2D eigenvalue weighted by molar-refractivity contribution is 0.840. The van der Waals surface area contributed by atoms with E-state index in [0.717, 1.165) is 16.1 Å². The third-order valence-electron chi connectivity index (χ3n) is 3.29. The average molecular weight is 270 g/mol. The molecule has 0 aliphatic heterocycles. The fourth-order valence-electron chi connectivity index (χ4n) is 2.26. The van der Waals surface area contributed by atoms with Crippen LogP contribution in [0.3, 0.4) is 0 Å². The molecule has 0 radical (unpaired) electrons. The molecule has 19 heavy (non-hydrogen) atoms. The van der Waals surface area contributed by atoms with Crippen LogP contribution in [-0.4, -0.2) is 0 Å². The van der Waals surface area contributed by atoms with Gasteiger partial charge in [-0.2, -0.15) is 5.26 Å². The van der Waals surface area contributed by atoms with Crippen molar-refractivity contribution in [1.82, 2.24) is 0 Å². The Hall–Kier alpha value is -1.78. The van der Waals surface area contributed by atoms with Gasteiger partial charge < -0.3 is 0 Å². The molecule has 1 unspecified atom stereocenters. The summed E-state index contributed by atoms with van der Waals surface area (Å²) >= 11 is 5.99. The number of benzene rings is 2. The van der Waals surface area contributed by atoms with Crippen molar-refractivity contribution in [3.05, 3.63) is 69.7 Å². The predicted molar refractivity (Wildman–Crippen MR) is 79.4 cm³/mol. The molecule has 0 aliphatic carbocycles. The van der Waals surface area contributed by atoms with Crippen LogP contribution in [0.5, 0.6) is 0 Å². The van der Waals surface area contributed by atoms with E-state index in [0.29, 0.717) is 6.42 Å². The van der Waals surface area contributed by atoms with Crippen molar-refractivity contribution in [1.29, 1.82) is 5.26 Å². The summed E-state index contributed by atoms with van der Waals surface area (Å²) in [5, 5.41) is 10.2. The summed E-state index contributed by atoms with van der Waals surface area (Å²) in [5.74, 6) is -0.127. The molecule has 0 bridgehead atoms. The fourth-order valence-corrected chi connectivity index (χ4v) is 2.47. The van der Waals surface area contributed by atoms with Crippen molar-refractivity contribution in [3.8, 4) is 6.07 Å². The van der Waals surface area contributed by atoms with Crippen molar-refractivity contribution in [2.75, 3.05) is 0 Å². The molecule has 0 amide bonds. The minimum Gasteiger partial charge on any atom is -0.198 e. The molecule has 2 rings (SSSR count). The SMILES string of the molecule is Cc1ccc(C)c(C(C#N)Cc2cccc(Cl)c2)c1. The molecule has 0 heterocycles. The average Bonchev–Trinajstić information content (AvgIpc) is 2.39. The summed E-state index contributed by atoms with van der Waals surface area (Å²) in [7, 11) is 0. The largest absolute Gasteiger partial charge is 0.198 e. The van der Waals surface area contributed by atoms with Crippen LogP contribution in [-0.2, 0) is 6.42 Å². The summed E-state index contributed by atoms with van der Waals surface area (Å²) in [6.07, 6.45) is 0.696. The summed E-state index contributed by atoms with van der Waals surface area (Å²) in [6.45, 7) is 4.11. The number of rotatable bonds is 3. The highest BCUT2D eigenvalue weighted by molar-refractivity contribution is 6.30. The molecule has 96 valence electrons. The van der Waals surface area contributed by atoms with Crippen molar-refractivity contribution in [2.24, 2.45) is 0 Å². The molecular weight excluding hydrogens is 254 g/mol. The first-order valence-electron chi connectivity index (χ1n) is 6.31. The Labute approximate surface area is 119 Å². The Morgan fingerprint density at radius 3 is 2.63 bits per heavy atom. The van der Waals surface area contributed by atoms with Crippen molar-refractivity contribution >= 4 is 11.6 Å². The van der Waals surface area contributed by atoms with Crippen LogP contribution in [0.1, 0.15) is 28.2 Å². The zero-order valence-electron chi connectivity index (χ0n) is 11.2. The molecule has 0 aromatic heterocycles. The zero-order chi connectivity index (χ0) is 13.8. The van der Waals surface area contributed by atoms with E-state index in [2.05, 4.69) is 38.1 Å². The Balaban J connectivity index is 2.31. The normalized spacial score (nSPS) is 11.9. The smallest absolute Gasteiger partial charge is 0.0755 e. The number of aryl methyl sites for hydroxylation is 2. The second-order valence-corrected chi connectivity index (χ2v) is 5.31. The minimum absolute atomic E-state index is 0.127. The van der Waals surface area contributed by atoms with Crippen LogP contribution in [0.2, 0.25) is 5.02 Å². The Kier molecular flexibility index (Phi) is 4.24. The van der Waals surface area contributed by atoms with E-state index in [-0.39, 0.29) is 5.92 Å². The van der Waals surface area contributed by atoms with E-state index in [1.54, 1.807) is 0 Å². The van der Waals surface area contributed by atoms with Crippen LogP contribution >= 0.6 is 11.6 Å². The quantitative estimate of drug-likeness (QED) is 0.785. The van der Waals surface area contributed by atoms with Gasteiger partial charge in [0.15, 0.2) is 0 Å². The van der Waals surface area contributed by atoms with Crippen LogP contribution in [0.4, 0.5) is 0 Å². The summed E-state index contributed by atoms with van der Waals surface area (Å²) in [4.78, 5) is 0. The van der Waals surface area contributed by atoms with Crippen LogP contribution < -0.4 is 0 Å². The Morgan fingerprint density at radius 1 is 1.16 bits per heavy atom. The van der Waals surface area contributed by atoms with Gasteiger partial charge in [0.05, 0.1) is 12.0 Å². The standard InChI is InChI=1S/C17H16ClN/c1-12-6-7-13(2)17(8-12)15(11-19)9-14-4-3-5-16(18)10-14/h3-8,10,15H,9H2,1-2H3. The van der Waals surface area contributed by atoms with E-state index in [9.17, 15) is 5.26 Å². The van der Waals surface area contributed by atoms with Crippen LogP contribution in [0, 0.1) is 25.2 Å². The van der Waals surface area contributed by atoms with Gasteiger partial charge in [0, 0.05) is 5.02 Å². The van der Waals surface area contributed by atoms with Gasteiger partial charge in [-0.15, -0.1) is 0 Å². The van der Waals surface area contributed by atoms with Crippen LogP contribution in [0.15, 0.2) is 42.5 Å². The number of hydrogen-bond acceptors (Lipinski definition) is 1. The van der Waals surface area contributed by atoms with Gasteiger partial charge in [-0.25, -0.2) is 0 Å². The molecule has 2 heteroatoms. The maximum atomic E-state index is 9.44. The minimum atomic E-state index is -0.127. The number of halogens is 1. The van der Waals surface area contributed by atoms with E-state index in [1.807, 2.05) is 24.3 Å². The van der Waals surface area contributed by atoms with E-state index in [4.69, 9.17) is 11.6 Å². The van der Waals surface area contributed by atoms with E-state index >= 15 is 0 Å². The summed E-state index contributed by atoms with van der Waals surface area (Å²) in [6, 6.07) is 16.4. The number of nitriles is 1. The maximum absolute atomic E-state index is 9.44. The molecule has 0 aliphatic rings. The Morgan fingerprint density at radius 2 is 1.95 bits per heavy atom. The lowest BCUT2D eigenvalue weighted by atomic mass is 9.89. The second kappa shape index (κ2) is 5.91. The predicted octanol–water partition coefficient (Wildman–Crippen LogP) is 4.81. The second-order valence-electron chi connectivity index (χ2n) is 4.88. The van der Waals surface area contributed by atoms with Gasteiger partial charge in [-0.3, -0.25) is 0 Å². The lowest BCUT2D eigenvalue weighted by Crippen LogP contribution is -2.03. The summed E-state index contributed by atoms with van der Waals surface area (Å²) < 4.78 is 0. The monoisotopic (exact) mass is 269 g/mol. The topological polar surface area (TPSA) is 23.8 Å². The highest BCUT2D eigenvalue weighted by Crippen LogP contribution is 2.25. The third kappa shape index (κ3) is 3.36. The van der Waals surface area contributed by atoms with Crippen molar-refractivity contribution < 1.29 is 0 Å². The van der Waals surface area contributed by atoms with E-state index < -0.39 is 0 Å². The Bertz CT molecular complexity index is 625. The van der Waals surface area contributed by atoms with Gasteiger partial charge in [0.25, 0.3) is 0 Å². The third-order valence-corrected chi connectivity index (χ3v) is 3.53. The highest BCUT2D eigenvalue weighted by atomic mass is 35.5. The van der Waals surface area contributed by atoms with Crippen molar-refractivity contribution in [3.63, 3.8) is 0 Å². The maximum Gasteiger partial charge on any atom is 0.0755 e. The van der Waals surface area contributed by atoms with E-state index in [1.165, 1.54) is 11.1 Å². The van der Waals surface area contributed by atoms with Crippen LogP contribution in [0.25, 0.3) is 0 Å². The molecule has 1 atom stereocenters. The molecule has 1 nitrogen and oxygen atoms in total. The molecule has 0 saturated carbocycles. The molecule has 0 saturated heterocycles. The summed E-state index contributed by atoms with van der Waals surface area (Å²) in [5.41, 5.74) is 4.56. The first-order chi connectivity index (χ1) is 9.10. The van der Waals surface area contributed by atoms with Crippen molar-refractivity contribution in [2.45, 2.75) is 26.2 Å². The number of nitrogens with zero attached hydrogens (tertiary/aromatic N) is 1. The van der Waals surface area contributed by atoms with Gasteiger partial charge >= 0.3 is 0 Å². The molecule has 0 N–H and O–H groups in total. The zero-order valence-corrected chi connectivity index (χ0v) is 11.9. The molecule has 0 fully saturated rings. The van der Waals surface area contributed by atoms with Gasteiger partial charge in [0.1, 0.15) is 0 Å². The first kappa shape index (κ1) is 13.6. The number of hydrogen-bond donors (Lipinski definition) is 0. The lowest BCUT2D eigenvalue weighted by Gasteiger charge is -2.13. The molecule has 0 spiro atoms. The first-order valence-corrected chi connectivity index (χ1v) is 6.69. The highest BCUT2D eigenvalue weighted by Gasteiger charge is 2.14.